The van der Waals surface area contributed by atoms with Crippen molar-refractivity contribution < 1.29 is 9.90 Å². The van der Waals surface area contributed by atoms with Gasteiger partial charge in [-0.05, 0) is 50.8 Å². The molecule has 98 valence electrons. The van der Waals surface area contributed by atoms with Crippen LogP contribution >= 0.6 is 0 Å². The van der Waals surface area contributed by atoms with Crippen LogP contribution in [-0.4, -0.2) is 11.0 Å². The first-order chi connectivity index (χ1) is 8.25. The second-order valence-corrected chi connectivity index (χ2v) is 4.89. The first-order valence-electron chi connectivity index (χ1n) is 5.99. The summed E-state index contributed by atoms with van der Waals surface area (Å²) in [7, 11) is 0. The Labute approximate surface area is 109 Å². The third-order valence-electron chi connectivity index (χ3n) is 3.19. The predicted molar refractivity (Wildman–Crippen MR) is 75.1 cm³/mol. The Hall–Kier alpha value is -1.77. The van der Waals surface area contributed by atoms with E-state index >= 15 is 0 Å². The number of benzene rings is 1. The molecule has 1 aromatic carbocycles. The molecule has 2 N–H and O–H groups in total. The predicted octanol–water partition coefficient (Wildman–Crippen LogP) is 3.39. The van der Waals surface area contributed by atoms with E-state index in [1.54, 1.807) is 0 Å². The fourth-order valence-corrected chi connectivity index (χ4v) is 2.08. The molecule has 0 aromatic heterocycles. The van der Waals surface area contributed by atoms with Crippen LogP contribution in [0.1, 0.15) is 36.1 Å². The van der Waals surface area contributed by atoms with Gasteiger partial charge in [0.2, 0.25) is 5.91 Å². The Morgan fingerprint density at radius 2 is 1.72 bits per heavy atom. The largest absolute Gasteiger partial charge is 0.507 e. The lowest BCUT2D eigenvalue weighted by molar-refractivity contribution is -0.114. The summed E-state index contributed by atoms with van der Waals surface area (Å²) in [5, 5.41) is 13.1. The van der Waals surface area contributed by atoms with E-state index in [2.05, 4.69) is 11.9 Å². The third-order valence-corrected chi connectivity index (χ3v) is 3.19. The maximum absolute atomic E-state index is 11.3. The Bertz CT molecular complexity index is 473. The summed E-state index contributed by atoms with van der Waals surface area (Å²) in [6.07, 6.45) is 0.616. The van der Waals surface area contributed by atoms with Crippen LogP contribution in [0.2, 0.25) is 0 Å². The number of amides is 1. The molecule has 0 bridgehead atoms. The highest BCUT2D eigenvalue weighted by atomic mass is 16.3. The molecule has 0 saturated heterocycles. The van der Waals surface area contributed by atoms with Crippen LogP contribution in [-0.2, 0) is 11.2 Å². The highest BCUT2D eigenvalue weighted by molar-refractivity contribution is 5.91. The van der Waals surface area contributed by atoms with Crippen molar-refractivity contribution in [2.24, 2.45) is 0 Å². The number of carbonyl (C=O) groups excluding carboxylic acids is 1. The average molecular weight is 247 g/mol. The van der Waals surface area contributed by atoms with Gasteiger partial charge < -0.3 is 10.4 Å². The summed E-state index contributed by atoms with van der Waals surface area (Å²) < 4.78 is 0. The lowest BCUT2D eigenvalue weighted by Crippen LogP contribution is -2.11. The van der Waals surface area contributed by atoms with Gasteiger partial charge in [0, 0.05) is 18.2 Å². The summed E-state index contributed by atoms with van der Waals surface area (Å²) in [5.41, 5.74) is 5.24. The van der Waals surface area contributed by atoms with Crippen LogP contribution in [0.5, 0.6) is 5.75 Å². The fraction of sp³-hybridized carbons (Fsp3) is 0.400. The standard InChI is InChI=1S/C15H21NO2/c1-8(2)7-13-11(5)14(16-12(6)17)9(3)10(4)15(13)18/h18H,1,7H2,2-6H3,(H,16,17). The van der Waals surface area contributed by atoms with Crippen molar-refractivity contribution in [2.45, 2.75) is 41.0 Å². The summed E-state index contributed by atoms with van der Waals surface area (Å²) in [6.45, 7) is 13.0. The first-order valence-corrected chi connectivity index (χ1v) is 5.99. The van der Waals surface area contributed by atoms with Crippen molar-refractivity contribution in [1.82, 2.24) is 0 Å². The molecule has 1 amide bonds. The zero-order valence-corrected chi connectivity index (χ0v) is 11.8. The lowest BCUT2D eigenvalue weighted by atomic mass is 9.93. The smallest absolute Gasteiger partial charge is 0.221 e. The molecule has 0 aliphatic carbocycles. The monoisotopic (exact) mass is 247 g/mol. The van der Waals surface area contributed by atoms with Gasteiger partial charge in [-0.3, -0.25) is 4.79 Å². The Balaban J connectivity index is 3.48. The van der Waals surface area contributed by atoms with Gasteiger partial charge in [-0.1, -0.05) is 12.2 Å². The lowest BCUT2D eigenvalue weighted by Gasteiger charge is -2.19. The van der Waals surface area contributed by atoms with Crippen LogP contribution < -0.4 is 5.32 Å². The number of nitrogens with one attached hydrogen (secondary N) is 1. The number of anilines is 1. The van der Waals surface area contributed by atoms with E-state index in [1.165, 1.54) is 6.92 Å². The van der Waals surface area contributed by atoms with Crippen LogP contribution in [0, 0.1) is 20.8 Å². The molecule has 0 aliphatic heterocycles. The molecule has 0 saturated carbocycles. The number of phenols is 1. The van der Waals surface area contributed by atoms with Crippen molar-refractivity contribution in [3.63, 3.8) is 0 Å². The van der Waals surface area contributed by atoms with E-state index in [9.17, 15) is 9.90 Å². The van der Waals surface area contributed by atoms with Gasteiger partial charge in [-0.2, -0.15) is 0 Å². The second kappa shape index (κ2) is 5.25. The van der Waals surface area contributed by atoms with E-state index in [0.717, 1.165) is 33.5 Å². The maximum Gasteiger partial charge on any atom is 0.221 e. The Morgan fingerprint density at radius 1 is 1.17 bits per heavy atom. The molecule has 0 spiro atoms. The summed E-state index contributed by atoms with van der Waals surface area (Å²) in [5.74, 6) is 0.203. The SMILES string of the molecule is C=C(C)Cc1c(C)c(NC(C)=O)c(C)c(C)c1O. The number of aromatic hydroxyl groups is 1. The number of carbonyl (C=O) groups is 1. The van der Waals surface area contributed by atoms with Crippen LogP contribution in [0.4, 0.5) is 5.69 Å². The number of hydrogen-bond acceptors (Lipinski definition) is 2. The van der Waals surface area contributed by atoms with Gasteiger partial charge >= 0.3 is 0 Å². The molecule has 18 heavy (non-hydrogen) atoms. The van der Waals surface area contributed by atoms with Crippen LogP contribution in [0.25, 0.3) is 0 Å². The molecular weight excluding hydrogens is 226 g/mol. The second-order valence-electron chi connectivity index (χ2n) is 4.89. The molecule has 0 heterocycles. The average Bonchev–Trinajstić information content (AvgIpc) is 2.27. The van der Waals surface area contributed by atoms with Gasteiger partial charge in [0.25, 0.3) is 0 Å². The highest BCUT2D eigenvalue weighted by Crippen LogP contribution is 2.36. The highest BCUT2D eigenvalue weighted by Gasteiger charge is 2.17. The Kier molecular flexibility index (Phi) is 4.17. The normalized spacial score (nSPS) is 10.3. The van der Waals surface area contributed by atoms with E-state index in [4.69, 9.17) is 0 Å². The minimum Gasteiger partial charge on any atom is -0.507 e. The molecule has 3 nitrogen and oxygen atoms in total. The van der Waals surface area contributed by atoms with Crippen molar-refractivity contribution >= 4 is 11.6 Å². The van der Waals surface area contributed by atoms with Gasteiger partial charge in [-0.15, -0.1) is 0 Å². The minimum atomic E-state index is -0.104. The van der Waals surface area contributed by atoms with E-state index < -0.39 is 0 Å². The molecule has 0 aliphatic rings. The molecule has 3 heteroatoms. The summed E-state index contributed by atoms with van der Waals surface area (Å²) >= 11 is 0. The summed E-state index contributed by atoms with van der Waals surface area (Å²) in [4.78, 5) is 11.3. The van der Waals surface area contributed by atoms with Crippen molar-refractivity contribution in [1.29, 1.82) is 0 Å². The molecular formula is C15H21NO2. The van der Waals surface area contributed by atoms with E-state index in [-0.39, 0.29) is 5.91 Å². The van der Waals surface area contributed by atoms with Crippen LogP contribution in [0.3, 0.4) is 0 Å². The topological polar surface area (TPSA) is 49.3 Å². The quantitative estimate of drug-likeness (QED) is 0.635. The van der Waals surface area contributed by atoms with Crippen LogP contribution in [0.15, 0.2) is 12.2 Å². The van der Waals surface area contributed by atoms with Gasteiger partial charge in [0.05, 0.1) is 0 Å². The number of hydrogen-bond donors (Lipinski definition) is 2. The Morgan fingerprint density at radius 3 is 2.17 bits per heavy atom. The van der Waals surface area contributed by atoms with Crippen molar-refractivity contribution in [3.8, 4) is 5.75 Å². The third kappa shape index (κ3) is 2.73. The fourth-order valence-electron chi connectivity index (χ4n) is 2.08. The van der Waals surface area contributed by atoms with E-state index in [1.807, 2.05) is 27.7 Å². The number of allylic oxidation sites excluding steroid dienone is 1. The molecule has 0 atom stereocenters. The van der Waals surface area contributed by atoms with Crippen molar-refractivity contribution in [3.05, 3.63) is 34.4 Å². The number of rotatable bonds is 3. The number of phenolic OH excluding ortho intramolecular Hbond substituents is 1. The zero-order valence-electron chi connectivity index (χ0n) is 11.8. The zero-order chi connectivity index (χ0) is 14.0. The van der Waals surface area contributed by atoms with Gasteiger partial charge in [-0.25, -0.2) is 0 Å². The minimum absolute atomic E-state index is 0.104. The van der Waals surface area contributed by atoms with E-state index in [0.29, 0.717) is 12.2 Å². The molecule has 1 rings (SSSR count). The molecule has 0 radical (unpaired) electrons. The summed E-state index contributed by atoms with van der Waals surface area (Å²) in [6, 6.07) is 0. The van der Waals surface area contributed by atoms with Crippen molar-refractivity contribution in [2.75, 3.05) is 5.32 Å². The van der Waals surface area contributed by atoms with Gasteiger partial charge in [0.1, 0.15) is 5.75 Å². The molecule has 0 fully saturated rings. The molecule has 1 aromatic rings. The molecule has 0 unspecified atom stereocenters. The first kappa shape index (κ1) is 14.3. The maximum atomic E-state index is 11.3. The van der Waals surface area contributed by atoms with Gasteiger partial charge in [0.15, 0.2) is 0 Å².